The van der Waals surface area contributed by atoms with Crippen LogP contribution < -0.4 is 10.6 Å². The van der Waals surface area contributed by atoms with Crippen LogP contribution >= 0.6 is 11.8 Å². The van der Waals surface area contributed by atoms with Crippen LogP contribution in [0.25, 0.3) is 0 Å². The molecule has 1 saturated heterocycles. The van der Waals surface area contributed by atoms with Crippen LogP contribution in [0.15, 0.2) is 24.3 Å². The van der Waals surface area contributed by atoms with E-state index < -0.39 is 0 Å². The average molecular weight is 278 g/mol. The van der Waals surface area contributed by atoms with E-state index in [1.807, 2.05) is 30.0 Å². The van der Waals surface area contributed by atoms with Gasteiger partial charge in [0.15, 0.2) is 0 Å². The molecule has 1 amide bonds. The maximum absolute atomic E-state index is 12.1. The molecule has 3 nitrogen and oxygen atoms in total. The highest BCUT2D eigenvalue weighted by atomic mass is 32.2. The number of carbonyl (C=O) groups excluding carboxylic acids is 1. The predicted octanol–water partition coefficient (Wildman–Crippen LogP) is 2.84. The lowest BCUT2D eigenvalue weighted by molar-refractivity contribution is -0.116. The normalized spacial score (nSPS) is 19.4. The minimum Gasteiger partial charge on any atom is -0.326 e. The highest BCUT2D eigenvalue weighted by molar-refractivity contribution is 7.99. The van der Waals surface area contributed by atoms with Crippen molar-refractivity contribution in [1.29, 1.82) is 0 Å². The van der Waals surface area contributed by atoms with Crippen molar-refractivity contribution in [2.45, 2.75) is 32.2 Å². The molecule has 1 aromatic rings. The Morgan fingerprint density at radius 1 is 1.47 bits per heavy atom. The summed E-state index contributed by atoms with van der Waals surface area (Å²) in [6.45, 7) is 5.29. The van der Waals surface area contributed by atoms with Gasteiger partial charge in [0.2, 0.25) is 5.91 Å². The number of nitrogens with one attached hydrogen (secondary N) is 2. The lowest BCUT2D eigenvalue weighted by atomic mass is 10.0. The van der Waals surface area contributed by atoms with E-state index in [0.29, 0.717) is 18.4 Å². The van der Waals surface area contributed by atoms with Crippen molar-refractivity contribution in [3.05, 3.63) is 29.8 Å². The Kier molecular flexibility index (Phi) is 5.28. The molecule has 1 atom stereocenters. The van der Waals surface area contributed by atoms with Gasteiger partial charge < -0.3 is 10.6 Å². The van der Waals surface area contributed by atoms with Crippen molar-refractivity contribution >= 4 is 23.4 Å². The number of rotatable bonds is 4. The number of carbonyl (C=O) groups is 1. The molecule has 0 aliphatic carbocycles. The smallest absolute Gasteiger partial charge is 0.225 e. The van der Waals surface area contributed by atoms with Gasteiger partial charge in [-0.2, -0.15) is 11.8 Å². The number of anilines is 1. The van der Waals surface area contributed by atoms with E-state index in [1.54, 1.807) is 0 Å². The van der Waals surface area contributed by atoms with Crippen LogP contribution in [0.5, 0.6) is 0 Å². The number of thioether (sulfide) groups is 1. The molecular formula is C15H22N2OS. The highest BCUT2D eigenvalue weighted by Gasteiger charge is 2.17. The Labute approximate surface area is 119 Å². The largest absolute Gasteiger partial charge is 0.326 e. The maximum atomic E-state index is 12.1. The summed E-state index contributed by atoms with van der Waals surface area (Å²) in [5.41, 5.74) is 2.15. The van der Waals surface area contributed by atoms with Crippen molar-refractivity contribution in [2.24, 2.45) is 0 Å². The Hall–Kier alpha value is -1.000. The van der Waals surface area contributed by atoms with Gasteiger partial charge in [-0.05, 0) is 17.5 Å². The second kappa shape index (κ2) is 6.96. The van der Waals surface area contributed by atoms with E-state index in [4.69, 9.17) is 0 Å². The first-order valence-corrected chi connectivity index (χ1v) is 8.02. The van der Waals surface area contributed by atoms with Crippen molar-refractivity contribution < 1.29 is 4.79 Å². The number of hydrogen-bond donors (Lipinski definition) is 2. The third-order valence-corrected chi connectivity index (χ3v) is 4.42. The van der Waals surface area contributed by atoms with E-state index >= 15 is 0 Å². The Morgan fingerprint density at radius 2 is 2.26 bits per heavy atom. The zero-order valence-electron chi connectivity index (χ0n) is 11.6. The fourth-order valence-corrected chi connectivity index (χ4v) is 3.24. The van der Waals surface area contributed by atoms with Crippen molar-refractivity contribution in [3.63, 3.8) is 0 Å². The number of amides is 1. The molecule has 0 saturated carbocycles. The zero-order chi connectivity index (χ0) is 13.7. The summed E-state index contributed by atoms with van der Waals surface area (Å²) in [5.74, 6) is 2.70. The highest BCUT2D eigenvalue weighted by Crippen LogP contribution is 2.24. The summed E-state index contributed by atoms with van der Waals surface area (Å²) in [4.78, 5) is 12.1. The minimum atomic E-state index is 0.105. The standard InChI is InChI=1S/C15H22N2OS/c1-11(2)13-5-3-4-6-14(13)17-15(18)9-12-10-19-8-7-16-12/h3-6,11-12,16H,7-10H2,1-2H3,(H,17,18). The lowest BCUT2D eigenvalue weighted by Gasteiger charge is -2.23. The number of para-hydroxylation sites is 1. The second-order valence-corrected chi connectivity index (χ2v) is 6.37. The molecule has 1 fully saturated rings. The Morgan fingerprint density at radius 3 is 2.95 bits per heavy atom. The van der Waals surface area contributed by atoms with Gasteiger partial charge in [0.25, 0.3) is 0 Å². The molecule has 2 N–H and O–H groups in total. The molecule has 1 aliphatic heterocycles. The van der Waals surface area contributed by atoms with Crippen LogP contribution in [0.2, 0.25) is 0 Å². The van der Waals surface area contributed by atoms with Gasteiger partial charge in [-0.25, -0.2) is 0 Å². The Balaban J connectivity index is 1.94. The maximum Gasteiger partial charge on any atom is 0.225 e. The van der Waals surface area contributed by atoms with Gasteiger partial charge in [0.05, 0.1) is 0 Å². The molecule has 2 rings (SSSR count). The fourth-order valence-electron chi connectivity index (χ4n) is 2.29. The summed E-state index contributed by atoms with van der Waals surface area (Å²) in [6, 6.07) is 8.36. The summed E-state index contributed by atoms with van der Waals surface area (Å²) in [6.07, 6.45) is 0.555. The molecule has 104 valence electrons. The van der Waals surface area contributed by atoms with Gasteiger partial charge in [-0.15, -0.1) is 0 Å². The topological polar surface area (TPSA) is 41.1 Å². The molecule has 1 aliphatic rings. The van der Waals surface area contributed by atoms with E-state index in [9.17, 15) is 4.79 Å². The summed E-state index contributed by atoms with van der Waals surface area (Å²) in [7, 11) is 0. The molecule has 4 heteroatoms. The van der Waals surface area contributed by atoms with Gasteiger partial charge in [0.1, 0.15) is 0 Å². The number of hydrogen-bond acceptors (Lipinski definition) is 3. The quantitative estimate of drug-likeness (QED) is 0.890. The molecule has 1 unspecified atom stereocenters. The average Bonchev–Trinajstić information content (AvgIpc) is 2.40. The van der Waals surface area contributed by atoms with Crippen LogP contribution in [-0.2, 0) is 4.79 Å². The van der Waals surface area contributed by atoms with Crippen LogP contribution in [-0.4, -0.2) is 30.0 Å². The molecular weight excluding hydrogens is 256 g/mol. The third kappa shape index (κ3) is 4.25. The lowest BCUT2D eigenvalue weighted by Crippen LogP contribution is -2.40. The van der Waals surface area contributed by atoms with E-state index in [1.165, 1.54) is 5.56 Å². The molecule has 1 aromatic carbocycles. The number of benzene rings is 1. The van der Waals surface area contributed by atoms with Gasteiger partial charge in [0, 0.05) is 36.2 Å². The first-order chi connectivity index (χ1) is 9.16. The molecule has 0 radical (unpaired) electrons. The Bertz CT molecular complexity index is 428. The third-order valence-electron chi connectivity index (χ3n) is 3.29. The van der Waals surface area contributed by atoms with E-state index in [2.05, 4.69) is 30.5 Å². The van der Waals surface area contributed by atoms with Crippen molar-refractivity contribution in [1.82, 2.24) is 5.32 Å². The van der Waals surface area contributed by atoms with Crippen LogP contribution in [0.1, 0.15) is 31.7 Å². The second-order valence-electron chi connectivity index (χ2n) is 5.22. The predicted molar refractivity (Wildman–Crippen MR) is 82.9 cm³/mol. The summed E-state index contributed by atoms with van der Waals surface area (Å²) in [5, 5.41) is 6.44. The van der Waals surface area contributed by atoms with Crippen LogP contribution in [0, 0.1) is 0 Å². The first-order valence-electron chi connectivity index (χ1n) is 6.86. The summed E-state index contributed by atoms with van der Waals surface area (Å²) < 4.78 is 0. The SMILES string of the molecule is CC(C)c1ccccc1NC(=O)CC1CSCCN1. The first kappa shape index (κ1) is 14.4. The molecule has 0 aromatic heterocycles. The van der Waals surface area contributed by atoms with Gasteiger partial charge >= 0.3 is 0 Å². The van der Waals surface area contributed by atoms with Crippen molar-refractivity contribution in [3.8, 4) is 0 Å². The van der Waals surface area contributed by atoms with E-state index in [0.717, 1.165) is 23.7 Å². The van der Waals surface area contributed by atoms with Crippen LogP contribution in [0.4, 0.5) is 5.69 Å². The molecule has 19 heavy (non-hydrogen) atoms. The van der Waals surface area contributed by atoms with Gasteiger partial charge in [-0.3, -0.25) is 4.79 Å². The van der Waals surface area contributed by atoms with E-state index in [-0.39, 0.29) is 5.91 Å². The monoisotopic (exact) mass is 278 g/mol. The van der Waals surface area contributed by atoms with Gasteiger partial charge in [-0.1, -0.05) is 32.0 Å². The van der Waals surface area contributed by atoms with Crippen molar-refractivity contribution in [2.75, 3.05) is 23.4 Å². The fraction of sp³-hybridized carbons (Fsp3) is 0.533. The molecule has 0 bridgehead atoms. The van der Waals surface area contributed by atoms with Crippen LogP contribution in [0.3, 0.4) is 0 Å². The molecule has 1 heterocycles. The summed E-state index contributed by atoms with van der Waals surface area (Å²) >= 11 is 1.92. The minimum absolute atomic E-state index is 0.105. The molecule has 0 spiro atoms. The zero-order valence-corrected chi connectivity index (χ0v) is 12.4.